The van der Waals surface area contributed by atoms with Crippen molar-refractivity contribution in [1.29, 1.82) is 0 Å². The van der Waals surface area contributed by atoms with E-state index < -0.39 is 0 Å². The SMILES string of the molecule is CCC(=O)N1CCN(c2ccc([N+](=O)[O-])c(N[C@@H](C)C34CC5CC(CC(C5)C3)C4)c2)CC1. The molecule has 174 valence electrons. The molecule has 0 unspecified atom stereocenters. The van der Waals surface area contributed by atoms with Crippen molar-refractivity contribution in [3.05, 3.63) is 28.3 Å². The minimum Gasteiger partial charge on any atom is -0.376 e. The fourth-order valence-electron chi connectivity index (χ4n) is 7.53. The molecule has 0 radical (unpaired) electrons. The molecule has 6 rings (SSSR count). The zero-order valence-electron chi connectivity index (χ0n) is 19.4. The molecule has 1 saturated heterocycles. The summed E-state index contributed by atoms with van der Waals surface area (Å²) in [5.41, 5.74) is 2.08. The number of amides is 1. The number of hydrogen-bond donors (Lipinski definition) is 1. The Hall–Kier alpha value is -2.31. The molecule has 5 aliphatic rings. The van der Waals surface area contributed by atoms with E-state index in [1.54, 1.807) is 6.07 Å². The third kappa shape index (κ3) is 3.84. The third-order valence-electron chi connectivity index (χ3n) is 8.85. The lowest BCUT2D eigenvalue weighted by Gasteiger charge is -2.59. The van der Waals surface area contributed by atoms with E-state index in [1.807, 2.05) is 24.0 Å². The summed E-state index contributed by atoms with van der Waals surface area (Å²) in [7, 11) is 0. The average molecular weight is 441 g/mol. The van der Waals surface area contributed by atoms with E-state index in [1.165, 1.54) is 38.5 Å². The number of nitrogens with one attached hydrogen (secondary N) is 1. The fourth-order valence-corrected chi connectivity index (χ4v) is 7.53. The molecule has 1 atom stereocenters. The molecule has 0 aromatic heterocycles. The van der Waals surface area contributed by atoms with E-state index in [-0.39, 0.29) is 28.0 Å². The first kappa shape index (κ1) is 21.5. The van der Waals surface area contributed by atoms with Gasteiger partial charge in [0.25, 0.3) is 5.69 Å². The van der Waals surface area contributed by atoms with Crippen LogP contribution in [0, 0.1) is 33.3 Å². The van der Waals surface area contributed by atoms with Gasteiger partial charge in [-0.15, -0.1) is 0 Å². The molecule has 1 aromatic carbocycles. The Labute approximate surface area is 190 Å². The minimum absolute atomic E-state index is 0.158. The summed E-state index contributed by atoms with van der Waals surface area (Å²) in [5.74, 6) is 2.76. The van der Waals surface area contributed by atoms with Crippen LogP contribution in [0.4, 0.5) is 17.1 Å². The molecule has 4 bridgehead atoms. The van der Waals surface area contributed by atoms with Crippen molar-refractivity contribution >= 4 is 23.0 Å². The highest BCUT2D eigenvalue weighted by atomic mass is 16.6. The Morgan fingerprint density at radius 2 is 1.72 bits per heavy atom. The Morgan fingerprint density at radius 3 is 2.25 bits per heavy atom. The van der Waals surface area contributed by atoms with Crippen LogP contribution in [0.5, 0.6) is 0 Å². The number of carbonyl (C=O) groups excluding carboxylic acids is 1. The summed E-state index contributed by atoms with van der Waals surface area (Å²) in [6.07, 6.45) is 8.54. The first-order chi connectivity index (χ1) is 15.4. The predicted molar refractivity (Wildman–Crippen MR) is 126 cm³/mol. The first-order valence-corrected chi connectivity index (χ1v) is 12.4. The van der Waals surface area contributed by atoms with Crippen molar-refractivity contribution < 1.29 is 9.72 Å². The highest BCUT2D eigenvalue weighted by Crippen LogP contribution is 2.61. The van der Waals surface area contributed by atoms with Crippen molar-refractivity contribution in [2.24, 2.45) is 23.2 Å². The van der Waals surface area contributed by atoms with Gasteiger partial charge in [0.1, 0.15) is 5.69 Å². The van der Waals surface area contributed by atoms with E-state index >= 15 is 0 Å². The van der Waals surface area contributed by atoms with Gasteiger partial charge in [0.15, 0.2) is 0 Å². The molecule has 1 amide bonds. The molecule has 0 spiro atoms. The van der Waals surface area contributed by atoms with Crippen LogP contribution in [0.25, 0.3) is 0 Å². The summed E-state index contributed by atoms with van der Waals surface area (Å²) in [4.78, 5) is 27.7. The lowest BCUT2D eigenvalue weighted by Crippen LogP contribution is -2.53. The number of nitrogens with zero attached hydrogens (tertiary/aromatic N) is 3. The number of piperazine rings is 1. The first-order valence-electron chi connectivity index (χ1n) is 12.4. The molecule has 7 nitrogen and oxygen atoms in total. The smallest absolute Gasteiger partial charge is 0.292 e. The minimum atomic E-state index is -0.267. The van der Waals surface area contributed by atoms with E-state index in [9.17, 15) is 14.9 Å². The summed E-state index contributed by atoms with van der Waals surface area (Å²) >= 11 is 0. The van der Waals surface area contributed by atoms with Crippen LogP contribution in [0.2, 0.25) is 0 Å². The van der Waals surface area contributed by atoms with Gasteiger partial charge in [-0.05, 0) is 80.8 Å². The predicted octanol–water partition coefficient (Wildman–Crippen LogP) is 4.67. The van der Waals surface area contributed by atoms with Gasteiger partial charge in [0, 0.05) is 50.4 Å². The molecule has 1 heterocycles. The van der Waals surface area contributed by atoms with Crippen molar-refractivity contribution in [1.82, 2.24) is 4.90 Å². The third-order valence-corrected chi connectivity index (χ3v) is 8.85. The zero-order valence-corrected chi connectivity index (χ0v) is 19.4. The number of nitro benzene ring substituents is 1. The lowest BCUT2D eigenvalue weighted by molar-refractivity contribution is -0.384. The molecule has 1 aliphatic heterocycles. The van der Waals surface area contributed by atoms with Crippen LogP contribution < -0.4 is 10.2 Å². The molecule has 7 heteroatoms. The maximum Gasteiger partial charge on any atom is 0.292 e. The van der Waals surface area contributed by atoms with E-state index in [2.05, 4.69) is 17.1 Å². The molecule has 1 aromatic rings. The van der Waals surface area contributed by atoms with Crippen LogP contribution in [0.3, 0.4) is 0 Å². The fraction of sp³-hybridized carbons (Fsp3) is 0.720. The monoisotopic (exact) mass is 440 g/mol. The van der Waals surface area contributed by atoms with Crippen LogP contribution in [-0.4, -0.2) is 48.0 Å². The maximum atomic E-state index is 12.0. The summed E-state index contributed by atoms with van der Waals surface area (Å²) in [5, 5.41) is 15.4. The van der Waals surface area contributed by atoms with E-state index in [0.29, 0.717) is 25.2 Å². The molecule has 4 saturated carbocycles. The van der Waals surface area contributed by atoms with Gasteiger partial charge < -0.3 is 15.1 Å². The van der Waals surface area contributed by atoms with Crippen molar-refractivity contribution in [3.8, 4) is 0 Å². The van der Waals surface area contributed by atoms with Crippen molar-refractivity contribution in [3.63, 3.8) is 0 Å². The van der Waals surface area contributed by atoms with Gasteiger partial charge >= 0.3 is 0 Å². The van der Waals surface area contributed by atoms with E-state index in [4.69, 9.17) is 0 Å². The number of nitro groups is 1. The quantitative estimate of drug-likeness (QED) is 0.514. The van der Waals surface area contributed by atoms with Crippen molar-refractivity contribution in [2.75, 3.05) is 36.4 Å². The Morgan fingerprint density at radius 1 is 1.12 bits per heavy atom. The molecular formula is C25H36N4O3. The Bertz CT molecular complexity index is 858. The van der Waals surface area contributed by atoms with Gasteiger partial charge in [-0.2, -0.15) is 0 Å². The summed E-state index contributed by atoms with van der Waals surface area (Å²) in [6, 6.07) is 5.69. The van der Waals surface area contributed by atoms with Crippen LogP contribution in [0.1, 0.15) is 58.8 Å². The number of anilines is 2. The largest absolute Gasteiger partial charge is 0.376 e. The van der Waals surface area contributed by atoms with Gasteiger partial charge in [0.2, 0.25) is 5.91 Å². The Kier molecular flexibility index (Phi) is 5.54. The Balaban J connectivity index is 1.34. The molecular weight excluding hydrogens is 404 g/mol. The second-order valence-electron chi connectivity index (χ2n) is 10.8. The van der Waals surface area contributed by atoms with Crippen LogP contribution in [0.15, 0.2) is 18.2 Å². The summed E-state index contributed by atoms with van der Waals surface area (Å²) < 4.78 is 0. The molecule has 4 aliphatic carbocycles. The lowest BCUT2D eigenvalue weighted by atomic mass is 9.48. The highest BCUT2D eigenvalue weighted by molar-refractivity contribution is 5.76. The second-order valence-corrected chi connectivity index (χ2v) is 10.8. The molecule has 32 heavy (non-hydrogen) atoms. The molecule has 1 N–H and O–H groups in total. The normalized spacial score (nSPS) is 32.1. The number of benzene rings is 1. The van der Waals surface area contributed by atoms with Gasteiger partial charge in [-0.25, -0.2) is 0 Å². The second kappa shape index (κ2) is 8.23. The highest BCUT2D eigenvalue weighted by Gasteiger charge is 2.53. The zero-order chi connectivity index (χ0) is 22.5. The van der Waals surface area contributed by atoms with E-state index in [0.717, 1.165) is 36.5 Å². The number of hydrogen-bond acceptors (Lipinski definition) is 5. The van der Waals surface area contributed by atoms with Crippen LogP contribution in [-0.2, 0) is 4.79 Å². The standard InChI is InChI=1S/C25H36N4O3/c1-3-24(30)28-8-6-27(7-9-28)21-4-5-23(29(31)32)22(13-21)26-17(2)25-14-18-10-19(15-25)12-20(11-18)16-25/h4-5,13,17-20,26H,3,6-12,14-16H2,1-2H3/t17-,18?,19?,20?,25?/m0/s1. The number of rotatable bonds is 6. The average Bonchev–Trinajstić information content (AvgIpc) is 2.77. The maximum absolute atomic E-state index is 12.0. The molecule has 5 fully saturated rings. The summed E-state index contributed by atoms with van der Waals surface area (Å²) in [6.45, 7) is 7.07. The van der Waals surface area contributed by atoms with Gasteiger partial charge in [-0.1, -0.05) is 6.92 Å². The van der Waals surface area contributed by atoms with Crippen LogP contribution >= 0.6 is 0 Å². The topological polar surface area (TPSA) is 78.7 Å². The van der Waals surface area contributed by atoms with Crippen molar-refractivity contribution in [2.45, 2.75) is 64.8 Å². The van der Waals surface area contributed by atoms with Gasteiger partial charge in [0.05, 0.1) is 4.92 Å². The number of carbonyl (C=O) groups is 1. The van der Waals surface area contributed by atoms with Gasteiger partial charge in [-0.3, -0.25) is 14.9 Å².